The van der Waals surface area contributed by atoms with E-state index in [1.807, 2.05) is 10.6 Å². The molecule has 25 heavy (non-hydrogen) atoms. The molecule has 0 N–H and O–H groups in total. The first-order chi connectivity index (χ1) is 12.2. The number of likely N-dealkylation sites (N-methyl/N-ethyl adjacent to an activating group) is 1. The highest BCUT2D eigenvalue weighted by molar-refractivity contribution is 7.18. The molecule has 4 aromatic rings. The van der Waals surface area contributed by atoms with E-state index < -0.39 is 0 Å². The van der Waals surface area contributed by atoms with Gasteiger partial charge in [0.2, 0.25) is 5.65 Å². The second-order valence-electron chi connectivity index (χ2n) is 6.28. The normalized spacial score (nSPS) is 15.0. The van der Waals surface area contributed by atoms with E-state index in [9.17, 15) is 0 Å². The lowest BCUT2D eigenvalue weighted by molar-refractivity contribution is 0.491. The molecular formula is C16H16N8S. The lowest BCUT2D eigenvalue weighted by atomic mass is 10.1. The number of thiophene rings is 1. The molecule has 1 aliphatic heterocycles. The van der Waals surface area contributed by atoms with Gasteiger partial charge in [0.15, 0.2) is 5.82 Å². The minimum absolute atomic E-state index is 0.380. The molecule has 5 rings (SSSR count). The van der Waals surface area contributed by atoms with Crippen LogP contribution in [0.4, 0.5) is 11.6 Å². The lowest BCUT2D eigenvalue weighted by Crippen LogP contribution is -2.59. The number of rotatable bonds is 3. The van der Waals surface area contributed by atoms with Crippen molar-refractivity contribution in [1.82, 2.24) is 29.5 Å². The van der Waals surface area contributed by atoms with Gasteiger partial charge >= 0.3 is 0 Å². The van der Waals surface area contributed by atoms with E-state index in [1.165, 1.54) is 5.56 Å². The zero-order valence-corrected chi connectivity index (χ0v) is 14.7. The van der Waals surface area contributed by atoms with E-state index in [0.29, 0.717) is 6.04 Å². The Balaban J connectivity index is 1.40. The molecule has 0 radical (unpaired) electrons. The van der Waals surface area contributed by atoms with Crippen molar-refractivity contribution in [3.63, 3.8) is 0 Å². The summed E-state index contributed by atoms with van der Waals surface area (Å²) in [7, 11) is 2.10. The monoisotopic (exact) mass is 352 g/mol. The molecular weight excluding hydrogens is 336 g/mol. The summed E-state index contributed by atoms with van der Waals surface area (Å²) in [5.74, 6) is 1.88. The third kappa shape index (κ3) is 2.15. The van der Waals surface area contributed by atoms with Crippen LogP contribution in [0.5, 0.6) is 0 Å². The molecule has 0 aliphatic carbocycles. The third-order valence-corrected chi connectivity index (χ3v) is 5.84. The summed E-state index contributed by atoms with van der Waals surface area (Å²) < 4.78 is 3.04. The van der Waals surface area contributed by atoms with Crippen LogP contribution >= 0.6 is 11.3 Å². The first-order valence-corrected chi connectivity index (χ1v) is 8.91. The van der Waals surface area contributed by atoms with Crippen LogP contribution < -0.4 is 9.80 Å². The van der Waals surface area contributed by atoms with Crippen molar-refractivity contribution >= 4 is 38.8 Å². The molecule has 4 aromatic heterocycles. The van der Waals surface area contributed by atoms with Crippen molar-refractivity contribution in [2.45, 2.75) is 13.0 Å². The molecule has 8 nitrogen and oxygen atoms in total. The molecule has 126 valence electrons. The van der Waals surface area contributed by atoms with Crippen LogP contribution in [0.1, 0.15) is 5.56 Å². The van der Waals surface area contributed by atoms with Gasteiger partial charge in [0.05, 0.1) is 16.3 Å². The van der Waals surface area contributed by atoms with Crippen LogP contribution in [0.15, 0.2) is 30.4 Å². The molecule has 9 heteroatoms. The summed E-state index contributed by atoms with van der Waals surface area (Å²) in [5.41, 5.74) is 3.05. The standard InChI is InChI=1S/C16H16N8S/c1-10-7-25-13-12(10)18-8-19-14(13)22(2)11-5-24(6-11)15-16-21-20-9-23(16)4-3-17-15/h3-4,7-9,11H,5-6H2,1-2H3. The van der Waals surface area contributed by atoms with Gasteiger partial charge in [-0.25, -0.2) is 15.0 Å². The second-order valence-corrected chi connectivity index (χ2v) is 7.16. The highest BCUT2D eigenvalue weighted by Crippen LogP contribution is 2.33. The van der Waals surface area contributed by atoms with Gasteiger partial charge in [0, 0.05) is 32.5 Å². The maximum absolute atomic E-state index is 4.53. The fourth-order valence-corrected chi connectivity index (χ4v) is 4.26. The zero-order chi connectivity index (χ0) is 17.0. The zero-order valence-electron chi connectivity index (χ0n) is 13.9. The van der Waals surface area contributed by atoms with Gasteiger partial charge in [0.1, 0.15) is 18.5 Å². The number of hydrogen-bond donors (Lipinski definition) is 0. The van der Waals surface area contributed by atoms with E-state index in [2.05, 4.69) is 54.3 Å². The molecule has 0 spiro atoms. The molecule has 1 saturated heterocycles. The average molecular weight is 352 g/mol. The summed E-state index contributed by atoms with van der Waals surface area (Å²) in [6.07, 6.45) is 6.99. The molecule has 0 atom stereocenters. The molecule has 1 fully saturated rings. The number of nitrogens with zero attached hydrogens (tertiary/aromatic N) is 8. The summed E-state index contributed by atoms with van der Waals surface area (Å²) in [4.78, 5) is 17.9. The van der Waals surface area contributed by atoms with Crippen molar-refractivity contribution in [3.05, 3.63) is 36.0 Å². The summed E-state index contributed by atoms with van der Waals surface area (Å²) >= 11 is 1.71. The minimum atomic E-state index is 0.380. The van der Waals surface area contributed by atoms with Crippen LogP contribution in [0, 0.1) is 6.92 Å². The highest BCUT2D eigenvalue weighted by atomic mass is 32.1. The van der Waals surface area contributed by atoms with E-state index in [4.69, 9.17) is 0 Å². The predicted octanol–water partition coefficient (Wildman–Crippen LogP) is 1.76. The number of hydrogen-bond acceptors (Lipinski definition) is 8. The van der Waals surface area contributed by atoms with Crippen molar-refractivity contribution in [2.75, 3.05) is 29.9 Å². The van der Waals surface area contributed by atoms with Crippen LogP contribution in [0.3, 0.4) is 0 Å². The highest BCUT2D eigenvalue weighted by Gasteiger charge is 2.34. The molecule has 0 unspecified atom stereocenters. The molecule has 0 bridgehead atoms. The second kappa shape index (κ2) is 5.35. The summed E-state index contributed by atoms with van der Waals surface area (Å²) in [6, 6.07) is 0.380. The van der Waals surface area contributed by atoms with Gasteiger partial charge in [-0.1, -0.05) is 0 Å². The third-order valence-electron chi connectivity index (χ3n) is 4.75. The molecule has 5 heterocycles. The summed E-state index contributed by atoms with van der Waals surface area (Å²) in [5, 5.41) is 10.3. The lowest BCUT2D eigenvalue weighted by Gasteiger charge is -2.44. The number of fused-ring (bicyclic) bond motifs is 2. The largest absolute Gasteiger partial charge is 0.352 e. The molecule has 0 saturated carbocycles. The quantitative estimate of drug-likeness (QED) is 0.556. The van der Waals surface area contributed by atoms with Gasteiger partial charge in [0.25, 0.3) is 0 Å². The van der Waals surface area contributed by atoms with Crippen LogP contribution in [0.25, 0.3) is 15.9 Å². The van der Waals surface area contributed by atoms with Crippen molar-refractivity contribution < 1.29 is 0 Å². The summed E-state index contributed by atoms with van der Waals surface area (Å²) in [6.45, 7) is 3.85. The van der Waals surface area contributed by atoms with E-state index >= 15 is 0 Å². The maximum atomic E-state index is 4.53. The van der Waals surface area contributed by atoms with Crippen molar-refractivity contribution in [1.29, 1.82) is 0 Å². The fraction of sp³-hybridized carbons (Fsp3) is 0.312. The van der Waals surface area contributed by atoms with E-state index in [1.54, 1.807) is 30.2 Å². The first-order valence-electron chi connectivity index (χ1n) is 8.03. The molecule has 0 aromatic carbocycles. The predicted molar refractivity (Wildman–Crippen MR) is 97.3 cm³/mol. The van der Waals surface area contributed by atoms with Gasteiger partial charge in [-0.3, -0.25) is 4.40 Å². The Morgan fingerprint density at radius 2 is 2.12 bits per heavy atom. The van der Waals surface area contributed by atoms with Crippen LogP contribution in [0.2, 0.25) is 0 Å². The Bertz CT molecular complexity index is 1060. The number of aryl methyl sites for hydroxylation is 1. The Hall–Kier alpha value is -2.81. The van der Waals surface area contributed by atoms with Gasteiger partial charge in [-0.15, -0.1) is 21.5 Å². The number of anilines is 2. The van der Waals surface area contributed by atoms with Gasteiger partial charge in [-0.05, 0) is 17.9 Å². The van der Waals surface area contributed by atoms with Crippen molar-refractivity contribution in [3.8, 4) is 0 Å². The SMILES string of the molecule is Cc1csc2c(N(C)C3CN(c4nccn5cnnc45)C3)ncnc12. The number of aromatic nitrogens is 6. The Morgan fingerprint density at radius 3 is 3.00 bits per heavy atom. The average Bonchev–Trinajstić information content (AvgIpc) is 3.21. The first kappa shape index (κ1) is 14.5. The molecule has 0 amide bonds. The maximum Gasteiger partial charge on any atom is 0.203 e. The Morgan fingerprint density at radius 1 is 1.24 bits per heavy atom. The Kier molecular flexibility index (Phi) is 3.11. The van der Waals surface area contributed by atoms with Gasteiger partial charge in [-0.2, -0.15) is 0 Å². The van der Waals surface area contributed by atoms with Crippen LogP contribution in [-0.4, -0.2) is 55.7 Å². The van der Waals surface area contributed by atoms with Crippen molar-refractivity contribution in [2.24, 2.45) is 0 Å². The fourth-order valence-electron chi connectivity index (χ4n) is 3.22. The minimum Gasteiger partial charge on any atom is -0.352 e. The van der Waals surface area contributed by atoms with E-state index in [0.717, 1.165) is 40.6 Å². The Labute approximate surface area is 147 Å². The smallest absolute Gasteiger partial charge is 0.203 e. The molecule has 1 aliphatic rings. The topological polar surface area (TPSA) is 75.3 Å². The van der Waals surface area contributed by atoms with E-state index in [-0.39, 0.29) is 0 Å². The van der Waals surface area contributed by atoms with Gasteiger partial charge < -0.3 is 9.80 Å². The van der Waals surface area contributed by atoms with Crippen LogP contribution in [-0.2, 0) is 0 Å².